The molecule has 1 amide bonds. The molecule has 5 nitrogen and oxygen atoms in total. The number of anilines is 1. The molecule has 0 aliphatic carbocycles. The second-order valence-corrected chi connectivity index (χ2v) is 3.10. The number of amides is 1. The van der Waals surface area contributed by atoms with E-state index in [1.807, 2.05) is 6.07 Å². The molecular formula is C11H14N2O3. The third-order valence-electron chi connectivity index (χ3n) is 2.06. The topological polar surface area (TPSA) is 72.6 Å². The van der Waals surface area contributed by atoms with Crippen LogP contribution in [0.2, 0.25) is 0 Å². The lowest BCUT2D eigenvalue weighted by atomic mass is 10.3. The minimum Gasteiger partial charge on any atom is -0.468 e. The van der Waals surface area contributed by atoms with Crippen LogP contribution < -0.4 is 10.6 Å². The van der Waals surface area contributed by atoms with Crippen molar-refractivity contribution >= 4 is 17.6 Å². The normalized spacial score (nSPS) is 9.62. The Hall–Kier alpha value is -1.88. The van der Waals surface area contributed by atoms with E-state index in [-0.39, 0.29) is 19.0 Å². The fourth-order valence-corrected chi connectivity index (χ4v) is 1.24. The maximum atomic E-state index is 11.6. The van der Waals surface area contributed by atoms with Crippen molar-refractivity contribution in [1.82, 2.24) is 0 Å². The number of carbonyl (C=O) groups excluding carboxylic acids is 2. The average molecular weight is 222 g/mol. The number of rotatable bonds is 4. The van der Waals surface area contributed by atoms with Gasteiger partial charge in [-0.3, -0.25) is 9.59 Å². The first kappa shape index (κ1) is 12.2. The molecule has 16 heavy (non-hydrogen) atoms. The molecular weight excluding hydrogens is 208 g/mol. The second-order valence-electron chi connectivity index (χ2n) is 3.10. The highest BCUT2D eigenvalue weighted by Gasteiger charge is 2.17. The molecule has 1 aromatic rings. The van der Waals surface area contributed by atoms with Gasteiger partial charge in [0.15, 0.2) is 0 Å². The number of hydrogen-bond donors (Lipinski definition) is 1. The largest absolute Gasteiger partial charge is 0.468 e. The molecule has 0 bridgehead atoms. The summed E-state index contributed by atoms with van der Waals surface area (Å²) in [7, 11) is 1.28. The number of carbonyl (C=O) groups is 2. The lowest BCUT2D eigenvalue weighted by Gasteiger charge is -2.20. The zero-order valence-electron chi connectivity index (χ0n) is 9.05. The smallest absolute Gasteiger partial charge is 0.325 e. The summed E-state index contributed by atoms with van der Waals surface area (Å²) in [5, 5.41) is 0. The van der Waals surface area contributed by atoms with E-state index < -0.39 is 5.97 Å². The van der Waals surface area contributed by atoms with Crippen molar-refractivity contribution in [2.75, 3.05) is 25.1 Å². The number of benzene rings is 1. The maximum absolute atomic E-state index is 11.6. The summed E-state index contributed by atoms with van der Waals surface area (Å²) in [5.74, 6) is -0.803. The van der Waals surface area contributed by atoms with Gasteiger partial charge in [-0.05, 0) is 12.1 Å². The predicted molar refractivity (Wildman–Crippen MR) is 59.9 cm³/mol. The van der Waals surface area contributed by atoms with Crippen LogP contribution in [-0.2, 0) is 14.3 Å². The molecule has 0 unspecified atom stereocenters. The molecule has 0 saturated heterocycles. The Bertz CT molecular complexity index is 365. The van der Waals surface area contributed by atoms with Crippen molar-refractivity contribution in [2.24, 2.45) is 5.73 Å². The summed E-state index contributed by atoms with van der Waals surface area (Å²) < 4.78 is 4.52. The number of hydrogen-bond acceptors (Lipinski definition) is 4. The van der Waals surface area contributed by atoms with E-state index in [0.29, 0.717) is 5.69 Å². The first-order valence-electron chi connectivity index (χ1n) is 4.81. The van der Waals surface area contributed by atoms with E-state index in [9.17, 15) is 9.59 Å². The number of para-hydroxylation sites is 1. The molecule has 0 saturated carbocycles. The summed E-state index contributed by atoms with van der Waals surface area (Å²) in [5.41, 5.74) is 5.91. The van der Waals surface area contributed by atoms with Crippen LogP contribution in [0.4, 0.5) is 5.69 Å². The van der Waals surface area contributed by atoms with E-state index in [1.54, 1.807) is 24.3 Å². The minimum atomic E-state index is -0.481. The number of nitrogens with zero attached hydrogens (tertiary/aromatic N) is 1. The van der Waals surface area contributed by atoms with Crippen molar-refractivity contribution in [3.05, 3.63) is 30.3 Å². The van der Waals surface area contributed by atoms with Crippen LogP contribution in [0.15, 0.2) is 30.3 Å². The Balaban J connectivity index is 2.88. The maximum Gasteiger partial charge on any atom is 0.325 e. The average Bonchev–Trinajstić information content (AvgIpc) is 2.35. The third-order valence-corrected chi connectivity index (χ3v) is 2.06. The van der Waals surface area contributed by atoms with Gasteiger partial charge in [-0.2, -0.15) is 0 Å². The molecule has 0 spiro atoms. The lowest BCUT2D eigenvalue weighted by molar-refractivity contribution is -0.139. The van der Waals surface area contributed by atoms with Crippen LogP contribution in [0.25, 0.3) is 0 Å². The quantitative estimate of drug-likeness (QED) is 0.736. The Morgan fingerprint density at radius 1 is 1.31 bits per heavy atom. The fraction of sp³-hybridized carbons (Fsp3) is 0.273. The van der Waals surface area contributed by atoms with Gasteiger partial charge < -0.3 is 15.4 Å². The lowest BCUT2D eigenvalue weighted by Crippen LogP contribution is -2.40. The third kappa shape index (κ3) is 3.06. The Kier molecular flexibility index (Phi) is 4.47. The molecule has 0 aliphatic heterocycles. The van der Waals surface area contributed by atoms with Gasteiger partial charge in [0, 0.05) is 5.69 Å². The van der Waals surface area contributed by atoms with Gasteiger partial charge >= 0.3 is 5.97 Å². The highest BCUT2D eigenvalue weighted by molar-refractivity contribution is 5.98. The Labute approximate surface area is 93.8 Å². The molecule has 1 aromatic carbocycles. The number of ether oxygens (including phenoxy) is 1. The highest BCUT2D eigenvalue weighted by atomic mass is 16.5. The van der Waals surface area contributed by atoms with Crippen LogP contribution in [0.1, 0.15) is 0 Å². The fourth-order valence-electron chi connectivity index (χ4n) is 1.24. The van der Waals surface area contributed by atoms with Gasteiger partial charge in [-0.25, -0.2) is 0 Å². The first-order chi connectivity index (χ1) is 7.69. The van der Waals surface area contributed by atoms with Crippen LogP contribution >= 0.6 is 0 Å². The highest BCUT2D eigenvalue weighted by Crippen LogP contribution is 2.12. The molecule has 0 atom stereocenters. The number of methoxy groups -OCH3 is 1. The Morgan fingerprint density at radius 3 is 2.44 bits per heavy atom. The van der Waals surface area contributed by atoms with Crippen LogP contribution in [-0.4, -0.2) is 32.1 Å². The van der Waals surface area contributed by atoms with Crippen molar-refractivity contribution in [2.45, 2.75) is 0 Å². The molecule has 0 fully saturated rings. The monoisotopic (exact) mass is 222 g/mol. The molecule has 2 N–H and O–H groups in total. The first-order valence-corrected chi connectivity index (χ1v) is 4.81. The van der Waals surface area contributed by atoms with Crippen molar-refractivity contribution < 1.29 is 14.3 Å². The summed E-state index contributed by atoms with van der Waals surface area (Å²) in [4.78, 5) is 24.0. The summed E-state index contributed by atoms with van der Waals surface area (Å²) in [6.07, 6.45) is 0. The molecule has 0 aliphatic rings. The predicted octanol–water partition coefficient (Wildman–Crippen LogP) is 0.151. The molecule has 0 aromatic heterocycles. The summed E-state index contributed by atoms with van der Waals surface area (Å²) in [6, 6.07) is 8.85. The minimum absolute atomic E-state index is 0.128. The van der Waals surface area contributed by atoms with Crippen LogP contribution in [0.3, 0.4) is 0 Å². The van der Waals surface area contributed by atoms with Gasteiger partial charge in [-0.15, -0.1) is 0 Å². The molecule has 5 heteroatoms. The van der Waals surface area contributed by atoms with Crippen molar-refractivity contribution in [3.8, 4) is 0 Å². The van der Waals surface area contributed by atoms with Crippen LogP contribution in [0.5, 0.6) is 0 Å². The van der Waals surface area contributed by atoms with Crippen molar-refractivity contribution in [1.29, 1.82) is 0 Å². The van der Waals surface area contributed by atoms with E-state index >= 15 is 0 Å². The summed E-state index contributed by atoms with van der Waals surface area (Å²) in [6.45, 7) is -0.275. The SMILES string of the molecule is COC(=O)CN(C(=O)CN)c1ccccc1. The summed E-state index contributed by atoms with van der Waals surface area (Å²) >= 11 is 0. The number of nitrogens with two attached hydrogens (primary N) is 1. The Morgan fingerprint density at radius 2 is 1.94 bits per heavy atom. The van der Waals surface area contributed by atoms with Gasteiger partial charge in [0.1, 0.15) is 6.54 Å². The standard InChI is InChI=1S/C11H14N2O3/c1-16-11(15)8-13(10(14)7-12)9-5-3-2-4-6-9/h2-6H,7-8,12H2,1H3. The number of esters is 1. The van der Waals surface area contributed by atoms with Gasteiger partial charge in [0.05, 0.1) is 13.7 Å². The van der Waals surface area contributed by atoms with Crippen molar-refractivity contribution in [3.63, 3.8) is 0 Å². The van der Waals surface area contributed by atoms with Gasteiger partial charge in [-0.1, -0.05) is 18.2 Å². The van der Waals surface area contributed by atoms with E-state index in [4.69, 9.17) is 5.73 Å². The van der Waals surface area contributed by atoms with E-state index in [1.165, 1.54) is 12.0 Å². The second kappa shape index (κ2) is 5.87. The zero-order valence-corrected chi connectivity index (χ0v) is 9.05. The molecule has 0 radical (unpaired) electrons. The van der Waals surface area contributed by atoms with E-state index in [0.717, 1.165) is 0 Å². The molecule has 86 valence electrons. The van der Waals surface area contributed by atoms with Crippen LogP contribution in [0, 0.1) is 0 Å². The zero-order chi connectivity index (χ0) is 12.0. The van der Waals surface area contributed by atoms with E-state index in [2.05, 4.69) is 4.74 Å². The van der Waals surface area contributed by atoms with Gasteiger partial charge in [0.2, 0.25) is 5.91 Å². The van der Waals surface area contributed by atoms with Gasteiger partial charge in [0.25, 0.3) is 0 Å². The molecule has 0 heterocycles. The molecule has 1 rings (SSSR count).